The highest BCUT2D eigenvalue weighted by atomic mass is 16.5. The molecule has 6 heteroatoms. The first-order valence-corrected chi connectivity index (χ1v) is 9.78. The van der Waals surface area contributed by atoms with Gasteiger partial charge in [0.15, 0.2) is 0 Å². The highest BCUT2D eigenvalue weighted by Crippen LogP contribution is 2.27. The van der Waals surface area contributed by atoms with Crippen molar-refractivity contribution in [2.45, 2.75) is 31.7 Å². The van der Waals surface area contributed by atoms with E-state index in [1.165, 1.54) is 0 Å². The number of β-amino-alcohol motifs (C(OH)–C–C–N with tert-alkyl or cyclic N) is 1. The van der Waals surface area contributed by atoms with Crippen LogP contribution in [0.2, 0.25) is 0 Å². The van der Waals surface area contributed by atoms with Crippen LogP contribution in [0.1, 0.15) is 17.5 Å². The number of rotatable bonds is 5. The van der Waals surface area contributed by atoms with E-state index >= 15 is 0 Å². The van der Waals surface area contributed by atoms with Crippen molar-refractivity contribution in [2.75, 3.05) is 13.1 Å². The second-order valence-electron chi connectivity index (χ2n) is 7.36. The quantitative estimate of drug-likeness (QED) is 0.696. The Bertz CT molecular complexity index is 984. The number of aliphatic hydroxyl groups excluding tert-OH is 2. The molecule has 0 radical (unpaired) electrons. The molecule has 4 rings (SSSR count). The zero-order valence-corrected chi connectivity index (χ0v) is 16.1. The summed E-state index contributed by atoms with van der Waals surface area (Å²) in [6, 6.07) is 15.0. The van der Waals surface area contributed by atoms with Gasteiger partial charge in [-0.3, -0.25) is 9.78 Å². The molecule has 0 bridgehead atoms. The lowest BCUT2D eigenvalue weighted by Gasteiger charge is -2.36. The molecule has 1 aliphatic heterocycles. The number of fused-ring (bicyclic) bond motifs is 1. The highest BCUT2D eigenvalue weighted by molar-refractivity contribution is 5.87. The van der Waals surface area contributed by atoms with Gasteiger partial charge in [-0.15, -0.1) is 0 Å². The summed E-state index contributed by atoms with van der Waals surface area (Å²) in [5, 5.41) is 21.7. The maximum Gasteiger partial charge on any atom is 0.227 e. The van der Waals surface area contributed by atoms with Crippen molar-refractivity contribution in [1.29, 1.82) is 0 Å². The summed E-state index contributed by atoms with van der Waals surface area (Å²) < 4.78 is 6.11. The fraction of sp³-hybridized carbons (Fsp3) is 0.304. The largest absolute Gasteiger partial charge is 0.487 e. The van der Waals surface area contributed by atoms with Crippen LogP contribution in [0.15, 0.2) is 60.9 Å². The number of carbonyl (C=O) groups is 1. The Kier molecular flexibility index (Phi) is 5.74. The predicted molar refractivity (Wildman–Crippen MR) is 109 cm³/mol. The van der Waals surface area contributed by atoms with Crippen molar-refractivity contribution < 1.29 is 19.7 Å². The highest BCUT2D eigenvalue weighted by Gasteiger charge is 2.31. The van der Waals surface area contributed by atoms with Crippen LogP contribution in [-0.4, -0.2) is 51.3 Å². The van der Waals surface area contributed by atoms with E-state index in [-0.39, 0.29) is 31.6 Å². The van der Waals surface area contributed by atoms with Gasteiger partial charge in [-0.2, -0.15) is 0 Å². The van der Waals surface area contributed by atoms with Crippen LogP contribution in [0, 0.1) is 0 Å². The molecule has 2 N–H and O–H groups in total. The van der Waals surface area contributed by atoms with E-state index in [1.54, 1.807) is 17.3 Å². The monoisotopic (exact) mass is 392 g/mol. The number of nitrogens with zero attached hydrogens (tertiary/aromatic N) is 2. The number of hydrogen-bond donors (Lipinski definition) is 2. The zero-order valence-electron chi connectivity index (χ0n) is 16.1. The van der Waals surface area contributed by atoms with E-state index in [4.69, 9.17) is 9.84 Å². The third-order valence-electron chi connectivity index (χ3n) is 5.35. The molecule has 1 amide bonds. The molecule has 6 nitrogen and oxygen atoms in total. The summed E-state index contributed by atoms with van der Waals surface area (Å²) in [6.45, 7) is 0.785. The predicted octanol–water partition coefficient (Wildman–Crippen LogP) is 2.31. The van der Waals surface area contributed by atoms with Crippen LogP contribution in [0.25, 0.3) is 10.8 Å². The molecule has 0 saturated carbocycles. The van der Waals surface area contributed by atoms with E-state index in [9.17, 15) is 9.90 Å². The summed E-state index contributed by atoms with van der Waals surface area (Å²) in [5.74, 6) is 0.702. The first-order chi connectivity index (χ1) is 14.1. The number of aromatic nitrogens is 1. The smallest absolute Gasteiger partial charge is 0.227 e. The Labute approximate surface area is 169 Å². The van der Waals surface area contributed by atoms with Gasteiger partial charge < -0.3 is 19.8 Å². The lowest BCUT2D eigenvalue weighted by Crippen LogP contribution is -2.51. The molecule has 29 heavy (non-hydrogen) atoms. The van der Waals surface area contributed by atoms with Gasteiger partial charge in [0.05, 0.1) is 19.6 Å². The van der Waals surface area contributed by atoms with Crippen molar-refractivity contribution >= 4 is 16.7 Å². The molecule has 1 saturated heterocycles. The molecule has 1 aliphatic rings. The molecule has 1 aromatic heterocycles. The molecule has 2 aromatic carbocycles. The number of piperidine rings is 1. The lowest BCUT2D eigenvalue weighted by molar-refractivity contribution is -0.136. The Hall–Kier alpha value is -2.96. The normalized spacial score (nSPS) is 19.3. The van der Waals surface area contributed by atoms with Crippen LogP contribution in [0.4, 0.5) is 0 Å². The summed E-state index contributed by atoms with van der Waals surface area (Å²) >= 11 is 0. The van der Waals surface area contributed by atoms with Crippen molar-refractivity contribution in [3.8, 4) is 5.75 Å². The molecular formula is C23H24N2O4. The van der Waals surface area contributed by atoms with Crippen LogP contribution >= 0.6 is 0 Å². The number of ether oxygens (including phenoxy) is 1. The number of carbonyl (C=O) groups excluding carboxylic acids is 1. The fourth-order valence-corrected chi connectivity index (χ4v) is 3.68. The molecule has 150 valence electrons. The van der Waals surface area contributed by atoms with Gasteiger partial charge in [-0.1, -0.05) is 36.4 Å². The van der Waals surface area contributed by atoms with Gasteiger partial charge >= 0.3 is 0 Å². The fourth-order valence-electron chi connectivity index (χ4n) is 3.68. The third-order valence-corrected chi connectivity index (χ3v) is 5.35. The molecule has 1 fully saturated rings. The van der Waals surface area contributed by atoms with E-state index < -0.39 is 6.10 Å². The standard InChI is InChI=1S/C23H24N2O4/c26-15-17-6-4-16(5-7-17)12-23(28)25-11-9-22(20(27)14-25)29-21-3-1-2-18-13-24-10-8-19(18)21/h1-8,10,13,20,22,26-27H,9,11-12,14-15H2/t20-,22-/m1/s1. The average Bonchev–Trinajstić information content (AvgIpc) is 2.76. The molecule has 3 aromatic rings. The van der Waals surface area contributed by atoms with Crippen LogP contribution < -0.4 is 4.74 Å². The molecule has 0 aliphatic carbocycles. The topological polar surface area (TPSA) is 82.9 Å². The zero-order chi connectivity index (χ0) is 20.2. The Morgan fingerprint density at radius 2 is 1.93 bits per heavy atom. The molecule has 2 heterocycles. The lowest BCUT2D eigenvalue weighted by atomic mass is 10.0. The minimum Gasteiger partial charge on any atom is -0.487 e. The second-order valence-corrected chi connectivity index (χ2v) is 7.36. The van der Waals surface area contributed by atoms with Gasteiger partial charge in [-0.05, 0) is 23.3 Å². The number of likely N-dealkylation sites (tertiary alicyclic amines) is 1. The number of pyridine rings is 1. The minimum atomic E-state index is -0.749. The maximum absolute atomic E-state index is 12.6. The molecule has 0 spiro atoms. The van der Waals surface area contributed by atoms with Crippen molar-refractivity contribution in [3.63, 3.8) is 0 Å². The average molecular weight is 392 g/mol. The minimum absolute atomic E-state index is 0.0128. The van der Waals surface area contributed by atoms with E-state index in [1.807, 2.05) is 48.5 Å². The maximum atomic E-state index is 12.6. The van der Waals surface area contributed by atoms with Crippen molar-refractivity contribution in [2.24, 2.45) is 0 Å². The third kappa shape index (κ3) is 4.39. The Balaban J connectivity index is 1.38. The van der Waals surface area contributed by atoms with Crippen molar-refractivity contribution in [1.82, 2.24) is 9.88 Å². The summed E-state index contributed by atoms with van der Waals surface area (Å²) in [5.41, 5.74) is 1.71. The number of amides is 1. The first kappa shape index (κ1) is 19.4. The van der Waals surface area contributed by atoms with Gasteiger partial charge in [0.2, 0.25) is 5.91 Å². The Morgan fingerprint density at radius 1 is 1.14 bits per heavy atom. The second kappa shape index (κ2) is 8.59. The van der Waals surface area contributed by atoms with Gasteiger partial charge in [0.1, 0.15) is 18.0 Å². The van der Waals surface area contributed by atoms with Crippen LogP contribution in [0.3, 0.4) is 0 Å². The SMILES string of the molecule is O=C(Cc1ccc(CO)cc1)N1CC[C@@H](Oc2cccc3cnccc23)[C@H](O)C1. The summed E-state index contributed by atoms with van der Waals surface area (Å²) in [6.07, 6.45) is 3.24. The first-order valence-electron chi connectivity index (χ1n) is 9.78. The summed E-state index contributed by atoms with van der Waals surface area (Å²) in [7, 11) is 0. The van der Waals surface area contributed by atoms with E-state index in [0.717, 1.165) is 27.6 Å². The van der Waals surface area contributed by atoms with Crippen LogP contribution in [0.5, 0.6) is 5.75 Å². The number of benzene rings is 2. The number of aliphatic hydroxyl groups is 2. The van der Waals surface area contributed by atoms with Gasteiger partial charge in [0, 0.05) is 36.1 Å². The molecule has 2 atom stereocenters. The van der Waals surface area contributed by atoms with Crippen molar-refractivity contribution in [3.05, 3.63) is 72.1 Å². The summed E-state index contributed by atoms with van der Waals surface area (Å²) in [4.78, 5) is 18.4. The van der Waals surface area contributed by atoms with Crippen LogP contribution in [-0.2, 0) is 17.8 Å². The van der Waals surface area contributed by atoms with Gasteiger partial charge in [-0.25, -0.2) is 0 Å². The molecular weight excluding hydrogens is 368 g/mol. The van der Waals surface area contributed by atoms with E-state index in [0.29, 0.717) is 13.0 Å². The number of hydrogen-bond acceptors (Lipinski definition) is 5. The van der Waals surface area contributed by atoms with E-state index in [2.05, 4.69) is 4.98 Å². The molecule has 0 unspecified atom stereocenters. The Morgan fingerprint density at radius 3 is 2.69 bits per heavy atom. The van der Waals surface area contributed by atoms with Gasteiger partial charge in [0.25, 0.3) is 0 Å².